The molecule has 250 valence electrons. The van der Waals surface area contributed by atoms with Crippen LogP contribution in [0.3, 0.4) is 0 Å². The van der Waals surface area contributed by atoms with E-state index in [0.29, 0.717) is 17.5 Å². The van der Waals surface area contributed by atoms with Gasteiger partial charge in [-0.25, -0.2) is 15.0 Å². The van der Waals surface area contributed by atoms with Crippen molar-refractivity contribution in [2.45, 2.75) is 24.7 Å². The monoisotopic (exact) mass is 679 g/mol. The molecule has 0 bridgehead atoms. The first-order valence-electron chi connectivity index (χ1n) is 18.2. The molecule has 11 rings (SSSR count). The third kappa shape index (κ3) is 4.09. The molecule has 0 radical (unpaired) electrons. The molecule has 0 saturated heterocycles. The lowest BCUT2D eigenvalue weighted by atomic mass is 9.55. The van der Waals surface area contributed by atoms with E-state index in [0.717, 1.165) is 38.6 Å². The molecule has 2 heterocycles. The van der Waals surface area contributed by atoms with Crippen LogP contribution in [0.2, 0.25) is 0 Å². The van der Waals surface area contributed by atoms with Crippen LogP contribution in [0.4, 0.5) is 0 Å². The molecule has 0 N–H and O–H groups in total. The molecular formula is C49H33N3O. The van der Waals surface area contributed by atoms with Crippen LogP contribution < -0.4 is 0 Å². The molecule has 1 spiro atoms. The number of fused-ring (bicyclic) bond motifs is 12. The minimum absolute atomic E-state index is 0.275. The van der Waals surface area contributed by atoms with Gasteiger partial charge in [0.1, 0.15) is 11.2 Å². The Morgan fingerprint density at radius 1 is 0.396 bits per heavy atom. The Hall–Kier alpha value is -6.65. The fraction of sp³-hybridized carbons (Fsp3) is 0.0816. The Balaban J connectivity index is 1.21. The normalized spacial score (nSPS) is 14.5. The summed E-state index contributed by atoms with van der Waals surface area (Å²) in [6, 6.07) is 58.2. The molecule has 2 aliphatic rings. The number of hydrogen-bond acceptors (Lipinski definition) is 4. The standard InChI is InChI=1S/C49H33N3O/c1-48(2)39-26-13-14-27-40(39)49(37-24-11-9-20-32(37)33-21-10-12-25-38(33)49)42-28-36-34-22-15-23-35(44(34)53-43(36)29-41(42)48)47-51-45(30-16-5-3-6-17-30)50-46(52-47)31-18-7-4-8-19-31/h3-29H,1-2H3. The summed E-state index contributed by atoms with van der Waals surface area (Å²) in [7, 11) is 0. The molecule has 0 amide bonds. The molecule has 0 unspecified atom stereocenters. The molecule has 0 fully saturated rings. The highest BCUT2D eigenvalue weighted by Gasteiger charge is 2.53. The highest BCUT2D eigenvalue weighted by atomic mass is 16.3. The maximum atomic E-state index is 6.97. The zero-order valence-electron chi connectivity index (χ0n) is 29.3. The average molecular weight is 680 g/mol. The molecule has 4 heteroatoms. The van der Waals surface area contributed by atoms with Crippen molar-refractivity contribution in [1.29, 1.82) is 0 Å². The summed E-state index contributed by atoms with van der Waals surface area (Å²) in [6.07, 6.45) is 0. The molecule has 0 atom stereocenters. The van der Waals surface area contributed by atoms with E-state index in [1.807, 2.05) is 60.7 Å². The van der Waals surface area contributed by atoms with E-state index in [4.69, 9.17) is 19.4 Å². The van der Waals surface area contributed by atoms with Gasteiger partial charge in [0, 0.05) is 27.3 Å². The summed E-state index contributed by atoms with van der Waals surface area (Å²) >= 11 is 0. The maximum Gasteiger partial charge on any atom is 0.167 e. The highest BCUT2D eigenvalue weighted by Crippen LogP contribution is 2.62. The molecule has 2 aromatic heterocycles. The molecule has 2 aliphatic carbocycles. The van der Waals surface area contributed by atoms with Crippen LogP contribution in [0.25, 0.3) is 67.2 Å². The summed E-state index contributed by atoms with van der Waals surface area (Å²) in [5.41, 5.74) is 14.1. The van der Waals surface area contributed by atoms with E-state index in [-0.39, 0.29) is 5.41 Å². The predicted octanol–water partition coefficient (Wildman–Crippen LogP) is 11.8. The number of furan rings is 1. The summed E-state index contributed by atoms with van der Waals surface area (Å²) in [4.78, 5) is 15.1. The van der Waals surface area contributed by atoms with Gasteiger partial charge in [0.25, 0.3) is 0 Å². The van der Waals surface area contributed by atoms with Crippen molar-refractivity contribution in [3.05, 3.63) is 197 Å². The van der Waals surface area contributed by atoms with Gasteiger partial charge in [-0.05, 0) is 62.7 Å². The second-order valence-corrected chi connectivity index (χ2v) is 14.7. The van der Waals surface area contributed by atoms with Gasteiger partial charge in [-0.1, -0.05) is 159 Å². The zero-order chi connectivity index (χ0) is 35.3. The van der Waals surface area contributed by atoms with Gasteiger partial charge in [0.2, 0.25) is 0 Å². The van der Waals surface area contributed by atoms with E-state index in [1.54, 1.807) is 0 Å². The molecule has 9 aromatic rings. The number of nitrogens with zero attached hydrogens (tertiary/aromatic N) is 3. The first-order valence-corrected chi connectivity index (χ1v) is 18.2. The summed E-state index contributed by atoms with van der Waals surface area (Å²) < 4.78 is 6.97. The number of benzene rings is 7. The molecule has 7 aromatic carbocycles. The van der Waals surface area contributed by atoms with Gasteiger partial charge in [-0.2, -0.15) is 0 Å². The summed E-state index contributed by atoms with van der Waals surface area (Å²) in [6.45, 7) is 4.70. The van der Waals surface area contributed by atoms with Crippen molar-refractivity contribution in [3.63, 3.8) is 0 Å². The summed E-state index contributed by atoms with van der Waals surface area (Å²) in [5.74, 6) is 1.83. The minimum Gasteiger partial charge on any atom is -0.455 e. The Labute approximate surface area is 307 Å². The Bertz CT molecular complexity index is 2820. The Morgan fingerprint density at radius 2 is 0.906 bits per heavy atom. The van der Waals surface area contributed by atoms with Gasteiger partial charge in [-0.3, -0.25) is 0 Å². The van der Waals surface area contributed by atoms with E-state index < -0.39 is 5.41 Å². The van der Waals surface area contributed by atoms with Crippen molar-refractivity contribution in [3.8, 4) is 45.3 Å². The van der Waals surface area contributed by atoms with E-state index in [9.17, 15) is 0 Å². The number of para-hydroxylation sites is 1. The SMILES string of the molecule is CC1(C)c2ccccc2C2(c3ccccc3-c3ccccc32)c2cc3c(cc21)oc1c(-c2nc(-c4ccccc4)nc(-c4ccccc4)n2)cccc13. The van der Waals surface area contributed by atoms with Crippen molar-refractivity contribution < 1.29 is 4.42 Å². The number of hydrogen-bond donors (Lipinski definition) is 0. The van der Waals surface area contributed by atoms with Crippen molar-refractivity contribution in [1.82, 2.24) is 15.0 Å². The Morgan fingerprint density at radius 3 is 1.53 bits per heavy atom. The van der Waals surface area contributed by atoms with E-state index >= 15 is 0 Å². The number of rotatable bonds is 3. The van der Waals surface area contributed by atoms with Crippen molar-refractivity contribution >= 4 is 21.9 Å². The third-order valence-corrected chi connectivity index (χ3v) is 11.6. The van der Waals surface area contributed by atoms with Gasteiger partial charge < -0.3 is 4.42 Å². The first-order chi connectivity index (χ1) is 26.0. The lowest BCUT2D eigenvalue weighted by molar-refractivity contribution is 0.562. The lowest BCUT2D eigenvalue weighted by Crippen LogP contribution is -2.40. The predicted molar refractivity (Wildman–Crippen MR) is 213 cm³/mol. The second kappa shape index (κ2) is 10.9. The first kappa shape index (κ1) is 30.0. The largest absolute Gasteiger partial charge is 0.455 e. The fourth-order valence-electron chi connectivity index (χ4n) is 9.24. The lowest BCUT2D eigenvalue weighted by Gasteiger charge is -2.46. The molecule has 4 nitrogen and oxygen atoms in total. The highest BCUT2D eigenvalue weighted by molar-refractivity contribution is 6.10. The van der Waals surface area contributed by atoms with Crippen LogP contribution >= 0.6 is 0 Å². The zero-order valence-corrected chi connectivity index (χ0v) is 29.3. The third-order valence-electron chi connectivity index (χ3n) is 11.6. The molecule has 0 aliphatic heterocycles. The van der Waals surface area contributed by atoms with Crippen LogP contribution in [-0.4, -0.2) is 15.0 Å². The van der Waals surface area contributed by atoms with E-state index in [1.165, 1.54) is 44.5 Å². The summed E-state index contributed by atoms with van der Waals surface area (Å²) in [5, 5.41) is 2.12. The topological polar surface area (TPSA) is 51.8 Å². The van der Waals surface area contributed by atoms with Crippen molar-refractivity contribution in [2.24, 2.45) is 0 Å². The van der Waals surface area contributed by atoms with Crippen LogP contribution in [-0.2, 0) is 10.8 Å². The van der Waals surface area contributed by atoms with E-state index in [2.05, 4.69) is 117 Å². The van der Waals surface area contributed by atoms with Crippen LogP contribution in [0.5, 0.6) is 0 Å². The number of aromatic nitrogens is 3. The van der Waals surface area contributed by atoms with Gasteiger partial charge in [0.15, 0.2) is 17.5 Å². The Kier molecular flexibility index (Phi) is 6.19. The second-order valence-electron chi connectivity index (χ2n) is 14.7. The maximum absolute atomic E-state index is 6.97. The smallest absolute Gasteiger partial charge is 0.167 e. The minimum atomic E-state index is -0.479. The van der Waals surface area contributed by atoms with Crippen molar-refractivity contribution in [2.75, 3.05) is 0 Å². The average Bonchev–Trinajstić information content (AvgIpc) is 3.74. The molecule has 0 saturated carbocycles. The van der Waals surface area contributed by atoms with Crippen LogP contribution in [0.1, 0.15) is 47.2 Å². The van der Waals surface area contributed by atoms with Gasteiger partial charge in [0.05, 0.1) is 11.0 Å². The quantitative estimate of drug-likeness (QED) is 0.186. The molecular weight excluding hydrogens is 647 g/mol. The van der Waals surface area contributed by atoms with Gasteiger partial charge >= 0.3 is 0 Å². The van der Waals surface area contributed by atoms with Crippen LogP contribution in [0.15, 0.2) is 168 Å². The van der Waals surface area contributed by atoms with Gasteiger partial charge in [-0.15, -0.1) is 0 Å². The van der Waals surface area contributed by atoms with Crippen LogP contribution in [0, 0.1) is 0 Å². The fourth-order valence-corrected chi connectivity index (χ4v) is 9.24. The molecule has 53 heavy (non-hydrogen) atoms.